The van der Waals surface area contributed by atoms with Crippen LogP contribution in [-0.4, -0.2) is 56.9 Å². The molecule has 1 aromatic heterocycles. The number of rotatable bonds is 3. The van der Waals surface area contributed by atoms with E-state index in [4.69, 9.17) is 0 Å². The molecule has 3 fully saturated rings. The summed E-state index contributed by atoms with van der Waals surface area (Å²) in [6.07, 6.45) is 6.10. The van der Waals surface area contributed by atoms with Gasteiger partial charge in [0.15, 0.2) is 0 Å². The van der Waals surface area contributed by atoms with Crippen LogP contribution in [0.1, 0.15) is 37.3 Å². The van der Waals surface area contributed by atoms with Crippen LogP contribution in [0.25, 0.3) is 0 Å². The molecule has 122 valence electrons. The third-order valence-electron chi connectivity index (χ3n) is 5.12. The summed E-state index contributed by atoms with van der Waals surface area (Å²) in [4.78, 5) is 33.1. The highest BCUT2D eigenvalue weighted by Crippen LogP contribution is 2.44. The van der Waals surface area contributed by atoms with Crippen LogP contribution in [-0.2, 0) is 9.59 Å². The van der Waals surface area contributed by atoms with E-state index in [0.717, 1.165) is 18.4 Å². The molecule has 0 radical (unpaired) electrons. The van der Waals surface area contributed by atoms with Gasteiger partial charge in [-0.1, -0.05) is 0 Å². The number of hydrogen-bond donors (Lipinski definition) is 1. The number of amides is 2. The average Bonchev–Trinajstić information content (AvgIpc) is 3.36. The number of carbonyl (C=O) groups excluding carboxylic acids is 2. The number of aliphatic hydroxyl groups is 1. The first-order valence-corrected chi connectivity index (χ1v) is 8.33. The molecule has 1 N–H and O–H groups in total. The molecular weight excluding hydrogens is 294 g/mol. The molecule has 1 saturated carbocycles. The smallest absolute Gasteiger partial charge is 0.228 e. The monoisotopic (exact) mass is 315 g/mol. The predicted octanol–water partition coefficient (Wildman–Crippen LogP) is 0.727. The van der Waals surface area contributed by atoms with E-state index in [1.54, 1.807) is 17.3 Å². The highest BCUT2D eigenvalue weighted by molar-refractivity contribution is 5.86. The highest BCUT2D eigenvalue weighted by Gasteiger charge is 2.48. The molecule has 4 rings (SSSR count). The van der Waals surface area contributed by atoms with Gasteiger partial charge in [0.25, 0.3) is 0 Å². The SMILES string of the molecule is O=C([C@H]1CCC(=O)N(C2CC2)[C@@H]1c1ccncc1)N1CC(O)C1. The molecule has 2 saturated heterocycles. The normalized spacial score (nSPS) is 28.7. The van der Waals surface area contributed by atoms with Gasteiger partial charge in [0.05, 0.1) is 18.1 Å². The lowest BCUT2D eigenvalue weighted by molar-refractivity contribution is -0.155. The summed E-state index contributed by atoms with van der Waals surface area (Å²) in [7, 11) is 0. The lowest BCUT2D eigenvalue weighted by atomic mass is 9.82. The molecule has 0 aromatic carbocycles. The number of aliphatic hydroxyl groups excluding tert-OH is 1. The Morgan fingerprint density at radius 2 is 1.87 bits per heavy atom. The van der Waals surface area contributed by atoms with Crippen LogP contribution >= 0.6 is 0 Å². The van der Waals surface area contributed by atoms with Gasteiger partial charge in [0.1, 0.15) is 0 Å². The van der Waals surface area contributed by atoms with Crippen LogP contribution in [0.2, 0.25) is 0 Å². The van der Waals surface area contributed by atoms with Crippen molar-refractivity contribution in [1.29, 1.82) is 0 Å². The van der Waals surface area contributed by atoms with Crippen LogP contribution in [0.4, 0.5) is 0 Å². The molecule has 0 spiro atoms. The Labute approximate surface area is 135 Å². The summed E-state index contributed by atoms with van der Waals surface area (Å²) in [6, 6.07) is 3.89. The molecule has 2 aliphatic heterocycles. The summed E-state index contributed by atoms with van der Waals surface area (Å²) in [5.41, 5.74) is 0.986. The third kappa shape index (κ3) is 2.61. The van der Waals surface area contributed by atoms with Crippen molar-refractivity contribution in [3.63, 3.8) is 0 Å². The number of likely N-dealkylation sites (tertiary alicyclic amines) is 2. The molecule has 1 aliphatic carbocycles. The van der Waals surface area contributed by atoms with Crippen molar-refractivity contribution in [3.05, 3.63) is 30.1 Å². The summed E-state index contributed by atoms with van der Waals surface area (Å²) in [6.45, 7) is 0.825. The lowest BCUT2D eigenvalue weighted by Crippen LogP contribution is -2.58. The Bertz CT molecular complexity index is 611. The largest absolute Gasteiger partial charge is 0.389 e. The molecular formula is C17H21N3O3. The molecule has 3 aliphatic rings. The summed E-state index contributed by atoms with van der Waals surface area (Å²) >= 11 is 0. The van der Waals surface area contributed by atoms with Gasteiger partial charge in [-0.3, -0.25) is 14.6 Å². The van der Waals surface area contributed by atoms with Crippen molar-refractivity contribution in [3.8, 4) is 0 Å². The van der Waals surface area contributed by atoms with Crippen molar-refractivity contribution >= 4 is 11.8 Å². The molecule has 6 heteroatoms. The van der Waals surface area contributed by atoms with Crippen molar-refractivity contribution in [2.75, 3.05) is 13.1 Å². The maximum absolute atomic E-state index is 12.9. The zero-order valence-corrected chi connectivity index (χ0v) is 13.0. The highest BCUT2D eigenvalue weighted by atomic mass is 16.3. The minimum Gasteiger partial charge on any atom is -0.389 e. The van der Waals surface area contributed by atoms with E-state index in [1.807, 2.05) is 17.0 Å². The van der Waals surface area contributed by atoms with Gasteiger partial charge in [-0.15, -0.1) is 0 Å². The molecule has 2 amide bonds. The Balaban J connectivity index is 1.65. The van der Waals surface area contributed by atoms with E-state index in [2.05, 4.69) is 4.98 Å². The Morgan fingerprint density at radius 1 is 1.17 bits per heavy atom. The number of aromatic nitrogens is 1. The maximum atomic E-state index is 12.9. The topological polar surface area (TPSA) is 73.7 Å². The van der Waals surface area contributed by atoms with Crippen LogP contribution in [0.5, 0.6) is 0 Å². The van der Waals surface area contributed by atoms with Gasteiger partial charge in [-0.25, -0.2) is 0 Å². The van der Waals surface area contributed by atoms with Crippen molar-refractivity contribution < 1.29 is 14.7 Å². The van der Waals surface area contributed by atoms with Crippen LogP contribution < -0.4 is 0 Å². The van der Waals surface area contributed by atoms with Crippen LogP contribution in [0, 0.1) is 5.92 Å². The number of β-amino-alcohol motifs (C(OH)–C–C–N with tert-alkyl or cyclic N) is 1. The fraction of sp³-hybridized carbons (Fsp3) is 0.588. The minimum atomic E-state index is -0.400. The minimum absolute atomic E-state index is 0.0651. The first kappa shape index (κ1) is 14.6. The predicted molar refractivity (Wildman–Crippen MR) is 82.2 cm³/mol. The van der Waals surface area contributed by atoms with E-state index in [9.17, 15) is 14.7 Å². The van der Waals surface area contributed by atoms with Crippen molar-refractivity contribution in [2.45, 2.75) is 43.9 Å². The fourth-order valence-electron chi connectivity index (χ4n) is 3.78. The summed E-state index contributed by atoms with van der Waals surface area (Å²) in [5, 5.41) is 9.47. The third-order valence-corrected chi connectivity index (χ3v) is 5.12. The fourth-order valence-corrected chi connectivity index (χ4v) is 3.78. The molecule has 0 unspecified atom stereocenters. The second-order valence-electron chi connectivity index (χ2n) is 6.80. The standard InChI is InChI=1S/C17H21N3O3/c21-13-9-19(10-13)17(23)14-3-4-15(22)20(12-1-2-12)16(14)11-5-7-18-8-6-11/h5-8,12-14,16,21H,1-4,9-10H2/t14-,16+/m0/s1. The number of piperidine rings is 1. The number of nitrogens with zero attached hydrogens (tertiary/aromatic N) is 3. The zero-order chi connectivity index (χ0) is 16.0. The Morgan fingerprint density at radius 3 is 2.48 bits per heavy atom. The first-order valence-electron chi connectivity index (χ1n) is 8.33. The maximum Gasteiger partial charge on any atom is 0.228 e. The second-order valence-corrected chi connectivity index (χ2v) is 6.80. The Hall–Kier alpha value is -1.95. The summed E-state index contributed by atoms with van der Waals surface area (Å²) < 4.78 is 0. The van der Waals surface area contributed by atoms with Gasteiger partial charge in [-0.2, -0.15) is 0 Å². The number of pyridine rings is 1. The van der Waals surface area contributed by atoms with Crippen LogP contribution in [0.3, 0.4) is 0 Å². The van der Waals surface area contributed by atoms with Gasteiger partial charge in [0.2, 0.25) is 11.8 Å². The Kier molecular flexibility index (Phi) is 3.56. The molecule has 23 heavy (non-hydrogen) atoms. The molecule has 1 aromatic rings. The van der Waals surface area contributed by atoms with Crippen molar-refractivity contribution in [1.82, 2.24) is 14.8 Å². The van der Waals surface area contributed by atoms with Crippen molar-refractivity contribution in [2.24, 2.45) is 5.92 Å². The van der Waals surface area contributed by atoms with Crippen LogP contribution in [0.15, 0.2) is 24.5 Å². The zero-order valence-electron chi connectivity index (χ0n) is 13.0. The van der Waals surface area contributed by atoms with E-state index < -0.39 is 6.10 Å². The van der Waals surface area contributed by atoms with Gasteiger partial charge in [0, 0.05) is 37.9 Å². The first-order chi connectivity index (χ1) is 11.1. The van der Waals surface area contributed by atoms with E-state index in [1.165, 1.54) is 0 Å². The lowest BCUT2D eigenvalue weighted by Gasteiger charge is -2.45. The number of carbonyl (C=O) groups is 2. The number of hydrogen-bond acceptors (Lipinski definition) is 4. The van der Waals surface area contributed by atoms with Gasteiger partial charge >= 0.3 is 0 Å². The molecule has 0 bridgehead atoms. The van der Waals surface area contributed by atoms with E-state index in [-0.39, 0.29) is 29.8 Å². The van der Waals surface area contributed by atoms with E-state index in [0.29, 0.717) is 25.9 Å². The average molecular weight is 315 g/mol. The second kappa shape index (κ2) is 5.60. The van der Waals surface area contributed by atoms with E-state index >= 15 is 0 Å². The van der Waals surface area contributed by atoms with Gasteiger partial charge < -0.3 is 14.9 Å². The molecule has 3 heterocycles. The molecule has 2 atom stereocenters. The molecule has 6 nitrogen and oxygen atoms in total. The summed E-state index contributed by atoms with van der Waals surface area (Å²) in [5.74, 6) is 0.000434. The van der Waals surface area contributed by atoms with Gasteiger partial charge in [-0.05, 0) is 37.0 Å². The quantitative estimate of drug-likeness (QED) is 0.892.